The van der Waals surface area contributed by atoms with E-state index < -0.39 is 0 Å². The van der Waals surface area contributed by atoms with Crippen molar-refractivity contribution in [1.82, 2.24) is 14.9 Å². The fourth-order valence-electron chi connectivity index (χ4n) is 2.07. The van der Waals surface area contributed by atoms with Gasteiger partial charge in [0.05, 0.1) is 17.3 Å². The van der Waals surface area contributed by atoms with Crippen molar-refractivity contribution in [3.8, 4) is 0 Å². The van der Waals surface area contributed by atoms with Crippen LogP contribution in [0.1, 0.15) is 24.6 Å². The molecule has 1 atom stereocenters. The first-order valence-corrected chi connectivity index (χ1v) is 5.11. The summed E-state index contributed by atoms with van der Waals surface area (Å²) in [7, 11) is 0. The zero-order valence-corrected chi connectivity index (χ0v) is 7.98. The predicted octanol–water partition coefficient (Wildman–Crippen LogP) is 1.76. The molecular formula is C11H13N3. The van der Waals surface area contributed by atoms with Gasteiger partial charge >= 0.3 is 0 Å². The summed E-state index contributed by atoms with van der Waals surface area (Å²) in [4.78, 5) is 0. The van der Waals surface area contributed by atoms with E-state index in [1.807, 2.05) is 22.8 Å². The van der Waals surface area contributed by atoms with Crippen molar-refractivity contribution in [3.05, 3.63) is 36.2 Å². The zero-order valence-electron chi connectivity index (χ0n) is 7.98. The molecule has 1 unspecified atom stereocenters. The minimum Gasteiger partial charge on any atom is -0.309 e. The maximum atomic E-state index is 4.55. The summed E-state index contributed by atoms with van der Waals surface area (Å²) >= 11 is 0. The Morgan fingerprint density at radius 3 is 3.21 bits per heavy atom. The summed E-state index contributed by atoms with van der Waals surface area (Å²) < 4.78 is 1.94. The Kier molecular flexibility index (Phi) is 1.77. The van der Waals surface area contributed by atoms with Gasteiger partial charge in [0, 0.05) is 6.20 Å². The van der Waals surface area contributed by atoms with Crippen molar-refractivity contribution in [2.75, 3.05) is 6.54 Å². The summed E-state index contributed by atoms with van der Waals surface area (Å²) in [5.41, 5.74) is 2.35. The number of pyridine rings is 1. The number of hydrogen-bond donors (Lipinski definition) is 1. The third kappa shape index (κ3) is 1.21. The Balaban J connectivity index is 2.05. The molecule has 1 fully saturated rings. The van der Waals surface area contributed by atoms with Crippen LogP contribution in [0, 0.1) is 0 Å². The smallest absolute Gasteiger partial charge is 0.0804 e. The summed E-state index contributed by atoms with van der Waals surface area (Å²) in [6, 6.07) is 8.78. The van der Waals surface area contributed by atoms with E-state index in [2.05, 4.69) is 22.5 Å². The van der Waals surface area contributed by atoms with E-state index in [9.17, 15) is 0 Å². The second-order valence-electron chi connectivity index (χ2n) is 3.79. The topological polar surface area (TPSA) is 29.3 Å². The Labute approximate surface area is 82.7 Å². The molecule has 1 N–H and O–H groups in total. The van der Waals surface area contributed by atoms with Gasteiger partial charge in [-0.1, -0.05) is 6.07 Å². The van der Waals surface area contributed by atoms with Crippen molar-refractivity contribution < 1.29 is 0 Å². The molecule has 14 heavy (non-hydrogen) atoms. The minimum atomic E-state index is 0.467. The molecule has 0 spiro atoms. The lowest BCUT2D eigenvalue weighted by Gasteiger charge is -2.03. The van der Waals surface area contributed by atoms with E-state index in [1.165, 1.54) is 24.1 Å². The average molecular weight is 187 g/mol. The van der Waals surface area contributed by atoms with Crippen molar-refractivity contribution in [2.45, 2.75) is 18.9 Å². The van der Waals surface area contributed by atoms with Crippen LogP contribution in [0.15, 0.2) is 30.5 Å². The van der Waals surface area contributed by atoms with Gasteiger partial charge in [-0.05, 0) is 37.6 Å². The van der Waals surface area contributed by atoms with E-state index in [-0.39, 0.29) is 0 Å². The zero-order chi connectivity index (χ0) is 9.38. The summed E-state index contributed by atoms with van der Waals surface area (Å²) in [6.45, 7) is 1.12. The molecule has 1 saturated heterocycles. The highest BCUT2D eigenvalue weighted by molar-refractivity contribution is 5.47. The molecule has 0 aromatic carbocycles. The van der Waals surface area contributed by atoms with Gasteiger partial charge in [0.2, 0.25) is 0 Å². The van der Waals surface area contributed by atoms with Crippen LogP contribution in [-0.2, 0) is 0 Å². The molecule has 1 aliphatic heterocycles. The molecule has 2 aromatic heterocycles. The first kappa shape index (κ1) is 8.00. The van der Waals surface area contributed by atoms with Gasteiger partial charge in [-0.15, -0.1) is 0 Å². The van der Waals surface area contributed by atoms with Gasteiger partial charge in [0.15, 0.2) is 0 Å². The van der Waals surface area contributed by atoms with Crippen molar-refractivity contribution >= 4 is 5.52 Å². The van der Waals surface area contributed by atoms with Gasteiger partial charge < -0.3 is 5.32 Å². The van der Waals surface area contributed by atoms with Gasteiger partial charge in [-0.2, -0.15) is 5.10 Å². The van der Waals surface area contributed by atoms with Crippen molar-refractivity contribution in [1.29, 1.82) is 0 Å². The van der Waals surface area contributed by atoms with Crippen LogP contribution >= 0.6 is 0 Å². The SMILES string of the molecule is c1ccn2nc(C3CCCN3)cc2c1. The van der Waals surface area contributed by atoms with Crippen LogP contribution in [-0.4, -0.2) is 16.2 Å². The van der Waals surface area contributed by atoms with Crippen LogP contribution < -0.4 is 5.32 Å². The van der Waals surface area contributed by atoms with Crippen LogP contribution in [0.3, 0.4) is 0 Å². The third-order valence-corrected chi connectivity index (χ3v) is 2.81. The number of hydrogen-bond acceptors (Lipinski definition) is 2. The molecule has 0 bridgehead atoms. The Bertz CT molecular complexity index is 407. The average Bonchev–Trinajstić information content (AvgIpc) is 2.86. The lowest BCUT2D eigenvalue weighted by molar-refractivity contribution is 0.620. The number of aromatic nitrogens is 2. The molecule has 0 amide bonds. The minimum absolute atomic E-state index is 0.467. The number of nitrogens with zero attached hydrogens (tertiary/aromatic N) is 2. The summed E-state index contributed by atoms with van der Waals surface area (Å²) in [5.74, 6) is 0. The highest BCUT2D eigenvalue weighted by Crippen LogP contribution is 2.22. The lowest BCUT2D eigenvalue weighted by Crippen LogP contribution is -2.13. The fourth-order valence-corrected chi connectivity index (χ4v) is 2.07. The lowest BCUT2D eigenvalue weighted by atomic mass is 10.1. The molecule has 3 heteroatoms. The van der Waals surface area contributed by atoms with Crippen molar-refractivity contribution in [3.63, 3.8) is 0 Å². The molecule has 3 rings (SSSR count). The molecular weight excluding hydrogens is 174 g/mol. The predicted molar refractivity (Wildman–Crippen MR) is 55.2 cm³/mol. The van der Waals surface area contributed by atoms with Crippen LogP contribution in [0.4, 0.5) is 0 Å². The molecule has 3 heterocycles. The molecule has 2 aromatic rings. The maximum Gasteiger partial charge on any atom is 0.0804 e. The number of rotatable bonds is 1. The maximum absolute atomic E-state index is 4.55. The largest absolute Gasteiger partial charge is 0.309 e. The van der Waals surface area contributed by atoms with Gasteiger partial charge in [0.1, 0.15) is 0 Å². The fraction of sp³-hybridized carbons (Fsp3) is 0.364. The normalized spacial score (nSPS) is 21.9. The van der Waals surface area contributed by atoms with E-state index in [0.29, 0.717) is 6.04 Å². The second-order valence-corrected chi connectivity index (χ2v) is 3.79. The molecule has 3 nitrogen and oxygen atoms in total. The number of fused-ring (bicyclic) bond motifs is 1. The van der Waals surface area contributed by atoms with Gasteiger partial charge in [0.25, 0.3) is 0 Å². The van der Waals surface area contributed by atoms with E-state index in [4.69, 9.17) is 0 Å². The summed E-state index contributed by atoms with van der Waals surface area (Å²) in [6.07, 6.45) is 4.47. The quantitative estimate of drug-likeness (QED) is 0.737. The first-order chi connectivity index (χ1) is 6.93. The van der Waals surface area contributed by atoms with Gasteiger partial charge in [-0.3, -0.25) is 0 Å². The Morgan fingerprint density at radius 1 is 1.43 bits per heavy atom. The van der Waals surface area contributed by atoms with Crippen LogP contribution in [0.5, 0.6) is 0 Å². The highest BCUT2D eigenvalue weighted by Gasteiger charge is 2.18. The molecule has 1 aliphatic rings. The third-order valence-electron chi connectivity index (χ3n) is 2.81. The molecule has 0 radical (unpaired) electrons. The van der Waals surface area contributed by atoms with Gasteiger partial charge in [-0.25, -0.2) is 4.52 Å². The molecule has 0 aliphatic carbocycles. The second kappa shape index (κ2) is 3.10. The standard InChI is InChI=1S/C11H13N3/c1-2-7-14-9(4-1)8-11(13-14)10-5-3-6-12-10/h1-2,4,7-8,10,12H,3,5-6H2. The summed E-state index contributed by atoms with van der Waals surface area (Å²) in [5, 5.41) is 8.01. The first-order valence-electron chi connectivity index (χ1n) is 5.11. The van der Waals surface area contributed by atoms with Crippen molar-refractivity contribution in [2.24, 2.45) is 0 Å². The number of nitrogens with one attached hydrogen (secondary N) is 1. The Hall–Kier alpha value is -1.35. The van der Waals surface area contributed by atoms with E-state index >= 15 is 0 Å². The van der Waals surface area contributed by atoms with Crippen LogP contribution in [0.2, 0.25) is 0 Å². The Morgan fingerprint density at radius 2 is 2.43 bits per heavy atom. The molecule has 72 valence electrons. The van der Waals surface area contributed by atoms with Crippen LogP contribution in [0.25, 0.3) is 5.52 Å². The monoisotopic (exact) mass is 187 g/mol. The van der Waals surface area contributed by atoms with E-state index in [0.717, 1.165) is 6.54 Å². The highest BCUT2D eigenvalue weighted by atomic mass is 15.2. The van der Waals surface area contributed by atoms with E-state index in [1.54, 1.807) is 0 Å². The molecule has 0 saturated carbocycles.